The number of hydrogen-bond acceptors (Lipinski definition) is 4. The fourth-order valence-electron chi connectivity index (χ4n) is 4.53. The van der Waals surface area contributed by atoms with Crippen molar-refractivity contribution in [3.63, 3.8) is 0 Å². The summed E-state index contributed by atoms with van der Waals surface area (Å²) in [5.41, 5.74) is 7.31. The highest BCUT2D eigenvalue weighted by Crippen LogP contribution is 2.41. The largest absolute Gasteiger partial charge is 0.277 e. The van der Waals surface area contributed by atoms with Crippen molar-refractivity contribution in [3.8, 4) is 33.4 Å². The molecule has 0 spiro atoms. The molecule has 0 saturated heterocycles. The molecule has 0 amide bonds. The minimum Gasteiger partial charge on any atom is -0.258 e. The molecular weight excluding hydrogens is 564 g/mol. The van der Waals surface area contributed by atoms with Crippen LogP contribution in [0.5, 0.6) is 0 Å². The molecule has 8 heteroatoms. The summed E-state index contributed by atoms with van der Waals surface area (Å²) in [6, 6.07) is 21.8. The Morgan fingerprint density at radius 3 is 1.35 bits per heavy atom. The molecule has 0 heterocycles. The van der Waals surface area contributed by atoms with Crippen molar-refractivity contribution in [2.45, 2.75) is 12.8 Å². The fraction of sp³-hybridized carbons (Fsp3) is 0.0769. The van der Waals surface area contributed by atoms with E-state index in [1.807, 2.05) is 36.4 Å². The number of fused-ring (bicyclic) bond motifs is 3. The van der Waals surface area contributed by atoms with E-state index < -0.39 is 0 Å². The average Bonchev–Trinajstić information content (AvgIpc) is 2.82. The molecule has 0 atom stereocenters. The third-order valence-electron chi connectivity index (χ3n) is 6.10. The lowest BCUT2D eigenvalue weighted by Crippen LogP contribution is -2.05. The summed E-state index contributed by atoms with van der Waals surface area (Å²) in [5.74, 6) is 0. The molecule has 0 radical (unpaired) electrons. The standard InChI is InChI=1S/C26H16Br2N2O4/c27-19-5-9-25(29(31)32)23(13-19)17-3-7-21-15(11-17)1-2-16-12-18(4-8-22(16)21)24-14-20(28)6-10-26(24)30(33)34/h3-14H,1-2H2. The lowest BCUT2D eigenvalue weighted by molar-refractivity contribution is -0.384. The Morgan fingerprint density at radius 2 is 0.971 bits per heavy atom. The van der Waals surface area contributed by atoms with Crippen molar-refractivity contribution in [2.24, 2.45) is 0 Å². The van der Waals surface area contributed by atoms with E-state index in [4.69, 9.17) is 0 Å². The van der Waals surface area contributed by atoms with Gasteiger partial charge < -0.3 is 0 Å². The van der Waals surface area contributed by atoms with Gasteiger partial charge >= 0.3 is 0 Å². The van der Waals surface area contributed by atoms with Crippen molar-refractivity contribution < 1.29 is 9.85 Å². The highest BCUT2D eigenvalue weighted by Gasteiger charge is 2.22. The molecule has 1 aliphatic carbocycles. The van der Waals surface area contributed by atoms with Crippen LogP contribution < -0.4 is 0 Å². The summed E-state index contributed by atoms with van der Waals surface area (Å²) >= 11 is 6.83. The predicted octanol–water partition coefficient (Wildman–Crippen LogP) is 8.13. The van der Waals surface area contributed by atoms with Crippen LogP contribution in [0.2, 0.25) is 0 Å². The smallest absolute Gasteiger partial charge is 0.258 e. The van der Waals surface area contributed by atoms with Crippen LogP contribution in [0.15, 0.2) is 81.7 Å². The van der Waals surface area contributed by atoms with Crippen LogP contribution in [0.1, 0.15) is 11.1 Å². The Hall–Kier alpha value is -3.36. The molecule has 0 unspecified atom stereocenters. The monoisotopic (exact) mass is 578 g/mol. The maximum absolute atomic E-state index is 11.5. The van der Waals surface area contributed by atoms with E-state index >= 15 is 0 Å². The first kappa shape index (κ1) is 22.4. The van der Waals surface area contributed by atoms with E-state index in [9.17, 15) is 20.2 Å². The number of benzene rings is 4. The molecular formula is C26H16Br2N2O4. The van der Waals surface area contributed by atoms with Gasteiger partial charge in [-0.1, -0.05) is 68.3 Å². The van der Waals surface area contributed by atoms with Crippen molar-refractivity contribution >= 4 is 43.2 Å². The van der Waals surface area contributed by atoms with E-state index in [2.05, 4.69) is 31.9 Å². The van der Waals surface area contributed by atoms with Crippen LogP contribution in [0, 0.1) is 20.2 Å². The van der Waals surface area contributed by atoms with Crippen LogP contribution in [-0.4, -0.2) is 9.85 Å². The van der Waals surface area contributed by atoms with Gasteiger partial charge in [0.2, 0.25) is 0 Å². The quantitative estimate of drug-likeness (QED) is 0.180. The Labute approximate surface area is 211 Å². The fourth-order valence-corrected chi connectivity index (χ4v) is 5.25. The number of nitrogens with zero attached hydrogens (tertiary/aromatic N) is 2. The lowest BCUT2D eigenvalue weighted by atomic mass is 9.82. The highest BCUT2D eigenvalue weighted by molar-refractivity contribution is 9.10. The number of rotatable bonds is 4. The number of nitro benzene ring substituents is 2. The zero-order valence-corrected chi connectivity index (χ0v) is 20.8. The van der Waals surface area contributed by atoms with Gasteiger partial charge in [-0.05, 0) is 70.5 Å². The third-order valence-corrected chi connectivity index (χ3v) is 7.08. The number of hydrogen-bond donors (Lipinski definition) is 0. The molecule has 5 rings (SSSR count). The van der Waals surface area contributed by atoms with Gasteiger partial charge in [-0.3, -0.25) is 20.2 Å². The van der Waals surface area contributed by atoms with Gasteiger partial charge in [0, 0.05) is 21.1 Å². The predicted molar refractivity (Wildman–Crippen MR) is 139 cm³/mol. The molecule has 0 aromatic heterocycles. The molecule has 0 saturated carbocycles. The summed E-state index contributed by atoms with van der Waals surface area (Å²) in [4.78, 5) is 22.4. The number of halogens is 2. The van der Waals surface area contributed by atoms with Gasteiger partial charge in [0.05, 0.1) is 21.0 Å². The second kappa shape index (κ2) is 8.77. The van der Waals surface area contributed by atoms with Crippen molar-refractivity contribution in [3.05, 3.63) is 113 Å². The van der Waals surface area contributed by atoms with Crippen molar-refractivity contribution in [1.82, 2.24) is 0 Å². The van der Waals surface area contributed by atoms with Crippen LogP contribution in [-0.2, 0) is 12.8 Å². The van der Waals surface area contributed by atoms with E-state index in [0.29, 0.717) is 11.1 Å². The lowest BCUT2D eigenvalue weighted by Gasteiger charge is -2.22. The minimum absolute atomic E-state index is 0.0691. The zero-order valence-electron chi connectivity index (χ0n) is 17.6. The molecule has 6 nitrogen and oxygen atoms in total. The number of nitro groups is 2. The van der Waals surface area contributed by atoms with E-state index in [-0.39, 0.29) is 21.2 Å². The molecule has 4 aromatic carbocycles. The zero-order chi connectivity index (χ0) is 24.0. The first-order valence-corrected chi connectivity index (χ1v) is 12.1. The molecule has 0 aliphatic heterocycles. The van der Waals surface area contributed by atoms with E-state index in [1.54, 1.807) is 24.3 Å². The maximum atomic E-state index is 11.5. The van der Waals surface area contributed by atoms with Gasteiger partial charge in [0.25, 0.3) is 11.4 Å². The highest BCUT2D eigenvalue weighted by atomic mass is 79.9. The average molecular weight is 580 g/mol. The van der Waals surface area contributed by atoms with Gasteiger partial charge in [-0.15, -0.1) is 0 Å². The topological polar surface area (TPSA) is 86.3 Å². The molecule has 0 N–H and O–H groups in total. The van der Waals surface area contributed by atoms with Crippen LogP contribution in [0.4, 0.5) is 11.4 Å². The Kier molecular flexibility index (Phi) is 5.79. The first-order valence-electron chi connectivity index (χ1n) is 10.5. The molecule has 0 fully saturated rings. The van der Waals surface area contributed by atoms with Crippen molar-refractivity contribution in [2.75, 3.05) is 0 Å². The SMILES string of the molecule is O=[N+]([O-])c1ccc(Br)cc1-c1ccc2c(c1)CCc1cc(-c3cc(Br)ccc3[N+](=O)[O-])ccc1-2. The molecule has 34 heavy (non-hydrogen) atoms. The van der Waals surface area contributed by atoms with Crippen LogP contribution in [0.3, 0.4) is 0 Å². The molecule has 168 valence electrons. The summed E-state index contributed by atoms with van der Waals surface area (Å²) in [6.45, 7) is 0. The van der Waals surface area contributed by atoms with Gasteiger partial charge in [0.1, 0.15) is 0 Å². The summed E-state index contributed by atoms with van der Waals surface area (Å²) in [5, 5.41) is 23.1. The van der Waals surface area contributed by atoms with Crippen LogP contribution in [0.25, 0.3) is 33.4 Å². The Bertz CT molecular complexity index is 1390. The Balaban J connectivity index is 1.57. The molecule has 1 aliphatic rings. The van der Waals surface area contributed by atoms with Gasteiger partial charge in [0.15, 0.2) is 0 Å². The second-order valence-electron chi connectivity index (χ2n) is 8.08. The number of aryl methyl sites for hydroxylation is 2. The van der Waals surface area contributed by atoms with Gasteiger partial charge in [-0.2, -0.15) is 0 Å². The second-order valence-corrected chi connectivity index (χ2v) is 9.91. The summed E-state index contributed by atoms with van der Waals surface area (Å²) < 4.78 is 1.57. The summed E-state index contributed by atoms with van der Waals surface area (Å²) in [7, 11) is 0. The molecule has 4 aromatic rings. The third kappa shape index (κ3) is 4.03. The first-order chi connectivity index (χ1) is 16.3. The van der Waals surface area contributed by atoms with Gasteiger partial charge in [-0.25, -0.2) is 0 Å². The maximum Gasteiger partial charge on any atom is 0.277 e. The van der Waals surface area contributed by atoms with Crippen LogP contribution >= 0.6 is 31.9 Å². The van der Waals surface area contributed by atoms with E-state index in [0.717, 1.165) is 55.2 Å². The Morgan fingerprint density at radius 1 is 0.559 bits per heavy atom. The molecule has 0 bridgehead atoms. The summed E-state index contributed by atoms with van der Waals surface area (Å²) in [6.07, 6.45) is 1.56. The van der Waals surface area contributed by atoms with Crippen molar-refractivity contribution in [1.29, 1.82) is 0 Å². The van der Waals surface area contributed by atoms with E-state index in [1.165, 1.54) is 12.1 Å². The minimum atomic E-state index is -0.362. The normalized spacial score (nSPS) is 12.1.